The van der Waals surface area contributed by atoms with Crippen LogP contribution in [-0.4, -0.2) is 29.8 Å². The lowest BCUT2D eigenvalue weighted by Gasteiger charge is -2.31. The van der Waals surface area contributed by atoms with Crippen LogP contribution >= 0.6 is 0 Å². The summed E-state index contributed by atoms with van der Waals surface area (Å²) in [7, 11) is 0. The molecule has 1 heterocycles. The van der Waals surface area contributed by atoms with Gasteiger partial charge >= 0.3 is 0 Å². The fourth-order valence-electron chi connectivity index (χ4n) is 2.31. The number of carbonyl (C=O) groups is 2. The number of hydrogen-bond acceptors (Lipinski definition) is 3. The van der Waals surface area contributed by atoms with E-state index in [9.17, 15) is 18.4 Å². The minimum Gasteiger partial charge on any atom is -0.398 e. The molecule has 1 aliphatic heterocycles. The number of nitrogens with two attached hydrogens (primary N) is 2. The summed E-state index contributed by atoms with van der Waals surface area (Å²) >= 11 is 0. The molecule has 0 bridgehead atoms. The van der Waals surface area contributed by atoms with Gasteiger partial charge in [-0.1, -0.05) is 0 Å². The molecule has 20 heavy (non-hydrogen) atoms. The number of amides is 2. The van der Waals surface area contributed by atoms with Crippen molar-refractivity contribution in [3.05, 3.63) is 29.3 Å². The molecule has 1 aromatic carbocycles. The number of nitrogens with zero attached hydrogens (tertiary/aromatic N) is 1. The van der Waals surface area contributed by atoms with Gasteiger partial charge in [0.15, 0.2) is 11.6 Å². The molecule has 0 aromatic heterocycles. The summed E-state index contributed by atoms with van der Waals surface area (Å²) in [5, 5.41) is 0. The van der Waals surface area contributed by atoms with Crippen LogP contribution in [0.5, 0.6) is 0 Å². The number of hydrogen-bond donors (Lipinski definition) is 2. The summed E-state index contributed by atoms with van der Waals surface area (Å²) in [4.78, 5) is 24.8. The summed E-state index contributed by atoms with van der Waals surface area (Å²) in [5.41, 5.74) is 10.5. The third kappa shape index (κ3) is 2.71. The van der Waals surface area contributed by atoms with E-state index in [0.29, 0.717) is 19.4 Å². The first-order chi connectivity index (χ1) is 9.40. The van der Waals surface area contributed by atoms with E-state index >= 15 is 0 Å². The molecular formula is C13H15F2N3O2. The lowest BCUT2D eigenvalue weighted by molar-refractivity contribution is -0.123. The molecule has 1 unspecified atom stereocenters. The van der Waals surface area contributed by atoms with Gasteiger partial charge in [-0.05, 0) is 18.9 Å². The van der Waals surface area contributed by atoms with Crippen LogP contribution in [0.15, 0.2) is 12.1 Å². The molecule has 0 spiro atoms. The van der Waals surface area contributed by atoms with Crippen LogP contribution in [0.2, 0.25) is 0 Å². The number of rotatable bonds is 2. The van der Waals surface area contributed by atoms with Crippen LogP contribution in [0.25, 0.3) is 0 Å². The highest BCUT2D eigenvalue weighted by Crippen LogP contribution is 2.22. The molecule has 1 atom stereocenters. The molecule has 7 heteroatoms. The Hall–Kier alpha value is -2.18. The lowest BCUT2D eigenvalue weighted by atomic mass is 9.96. The zero-order valence-corrected chi connectivity index (χ0v) is 10.7. The van der Waals surface area contributed by atoms with Gasteiger partial charge in [-0.15, -0.1) is 0 Å². The Labute approximate surface area is 114 Å². The van der Waals surface area contributed by atoms with Crippen molar-refractivity contribution in [3.8, 4) is 0 Å². The number of benzene rings is 1. The van der Waals surface area contributed by atoms with Crippen LogP contribution in [0.4, 0.5) is 14.5 Å². The van der Waals surface area contributed by atoms with E-state index in [1.807, 2.05) is 0 Å². The van der Waals surface area contributed by atoms with Crippen molar-refractivity contribution in [1.29, 1.82) is 0 Å². The quantitative estimate of drug-likeness (QED) is 0.790. The minimum atomic E-state index is -1.13. The number of piperidine rings is 1. The summed E-state index contributed by atoms with van der Waals surface area (Å²) in [6.07, 6.45) is 1.25. The molecule has 1 fully saturated rings. The molecule has 0 radical (unpaired) electrons. The SMILES string of the molecule is NC(=O)C1CCCN(C(=O)c2cc(F)c(F)cc2N)C1. The predicted octanol–water partition coefficient (Wildman–Crippen LogP) is 0.884. The van der Waals surface area contributed by atoms with Gasteiger partial charge in [0, 0.05) is 24.8 Å². The number of halogens is 2. The van der Waals surface area contributed by atoms with E-state index in [1.54, 1.807) is 0 Å². The van der Waals surface area contributed by atoms with Crippen molar-refractivity contribution in [3.63, 3.8) is 0 Å². The largest absolute Gasteiger partial charge is 0.398 e. The first-order valence-electron chi connectivity index (χ1n) is 6.23. The molecular weight excluding hydrogens is 268 g/mol. The maximum Gasteiger partial charge on any atom is 0.256 e. The van der Waals surface area contributed by atoms with Crippen molar-refractivity contribution < 1.29 is 18.4 Å². The van der Waals surface area contributed by atoms with Crippen LogP contribution in [0.3, 0.4) is 0 Å². The van der Waals surface area contributed by atoms with Crippen molar-refractivity contribution >= 4 is 17.5 Å². The van der Waals surface area contributed by atoms with Gasteiger partial charge in [0.05, 0.1) is 11.5 Å². The Morgan fingerprint density at radius 3 is 2.55 bits per heavy atom. The molecule has 1 aliphatic rings. The fourth-order valence-corrected chi connectivity index (χ4v) is 2.31. The number of anilines is 1. The number of carbonyl (C=O) groups excluding carboxylic acids is 2. The normalized spacial score (nSPS) is 18.9. The van der Waals surface area contributed by atoms with E-state index in [1.165, 1.54) is 4.90 Å². The zero-order valence-electron chi connectivity index (χ0n) is 10.7. The fraction of sp³-hybridized carbons (Fsp3) is 0.385. The first-order valence-corrected chi connectivity index (χ1v) is 6.23. The average Bonchev–Trinajstić information content (AvgIpc) is 2.42. The highest BCUT2D eigenvalue weighted by Gasteiger charge is 2.28. The second-order valence-electron chi connectivity index (χ2n) is 4.85. The van der Waals surface area contributed by atoms with E-state index in [0.717, 1.165) is 12.1 Å². The van der Waals surface area contributed by atoms with Crippen LogP contribution in [0.1, 0.15) is 23.2 Å². The number of primary amides is 1. The van der Waals surface area contributed by atoms with E-state index in [4.69, 9.17) is 11.5 Å². The zero-order chi connectivity index (χ0) is 14.9. The molecule has 1 saturated heterocycles. The molecule has 0 aliphatic carbocycles. The average molecular weight is 283 g/mol. The third-order valence-corrected chi connectivity index (χ3v) is 3.43. The van der Waals surface area contributed by atoms with Gasteiger partial charge in [0.1, 0.15) is 0 Å². The van der Waals surface area contributed by atoms with E-state index in [-0.39, 0.29) is 17.8 Å². The third-order valence-electron chi connectivity index (χ3n) is 3.43. The Morgan fingerprint density at radius 2 is 1.90 bits per heavy atom. The highest BCUT2D eigenvalue weighted by atomic mass is 19.2. The van der Waals surface area contributed by atoms with Gasteiger partial charge in [0.2, 0.25) is 5.91 Å². The monoisotopic (exact) mass is 283 g/mol. The molecule has 5 nitrogen and oxygen atoms in total. The van der Waals surface area contributed by atoms with Gasteiger partial charge < -0.3 is 16.4 Å². The number of nitrogen functional groups attached to an aromatic ring is 1. The molecule has 1 aromatic rings. The van der Waals surface area contributed by atoms with Crippen molar-refractivity contribution in [1.82, 2.24) is 4.90 Å². The second kappa shape index (κ2) is 5.44. The summed E-state index contributed by atoms with van der Waals surface area (Å²) in [6, 6.07) is 1.55. The molecule has 2 rings (SSSR count). The second-order valence-corrected chi connectivity index (χ2v) is 4.85. The van der Waals surface area contributed by atoms with Gasteiger partial charge in [-0.3, -0.25) is 9.59 Å². The summed E-state index contributed by atoms with van der Waals surface area (Å²) in [6.45, 7) is 0.605. The predicted molar refractivity (Wildman–Crippen MR) is 68.6 cm³/mol. The highest BCUT2D eigenvalue weighted by molar-refractivity contribution is 5.99. The molecule has 4 N–H and O–H groups in total. The van der Waals surface area contributed by atoms with Crippen LogP contribution < -0.4 is 11.5 Å². The van der Waals surface area contributed by atoms with Crippen LogP contribution in [-0.2, 0) is 4.79 Å². The minimum absolute atomic E-state index is 0.103. The summed E-state index contributed by atoms with van der Waals surface area (Å²) in [5.74, 6) is -3.65. The maximum absolute atomic E-state index is 13.2. The summed E-state index contributed by atoms with van der Waals surface area (Å²) < 4.78 is 26.2. The Bertz CT molecular complexity index is 563. The Balaban J connectivity index is 2.23. The maximum atomic E-state index is 13.2. The smallest absolute Gasteiger partial charge is 0.256 e. The van der Waals surface area contributed by atoms with Crippen molar-refractivity contribution in [2.45, 2.75) is 12.8 Å². The Kier molecular flexibility index (Phi) is 3.87. The molecule has 108 valence electrons. The van der Waals surface area contributed by atoms with Crippen molar-refractivity contribution in [2.75, 3.05) is 18.8 Å². The molecule has 0 saturated carbocycles. The van der Waals surface area contributed by atoms with Crippen molar-refractivity contribution in [2.24, 2.45) is 11.7 Å². The first kappa shape index (κ1) is 14.2. The van der Waals surface area contributed by atoms with Gasteiger partial charge in [-0.25, -0.2) is 8.78 Å². The lowest BCUT2D eigenvalue weighted by Crippen LogP contribution is -2.44. The van der Waals surface area contributed by atoms with Crippen LogP contribution in [0, 0.1) is 17.6 Å². The standard InChI is InChI=1S/C13H15F2N3O2/c14-9-4-8(11(16)5-10(9)15)13(20)18-3-1-2-7(6-18)12(17)19/h4-5,7H,1-3,6,16H2,(H2,17,19). The number of likely N-dealkylation sites (tertiary alicyclic amines) is 1. The molecule has 2 amide bonds. The Morgan fingerprint density at radius 1 is 1.25 bits per heavy atom. The van der Waals surface area contributed by atoms with E-state index < -0.39 is 29.4 Å². The van der Waals surface area contributed by atoms with E-state index in [2.05, 4.69) is 0 Å². The topological polar surface area (TPSA) is 89.4 Å². The van der Waals surface area contributed by atoms with Gasteiger partial charge in [-0.2, -0.15) is 0 Å². The van der Waals surface area contributed by atoms with Gasteiger partial charge in [0.25, 0.3) is 5.91 Å².